The summed E-state index contributed by atoms with van der Waals surface area (Å²) < 4.78 is 54.2. The van der Waals surface area contributed by atoms with Gasteiger partial charge in [-0.05, 0) is 18.6 Å². The maximum Gasteiger partial charge on any atom is 0.433 e. The van der Waals surface area contributed by atoms with Crippen molar-refractivity contribution in [2.45, 2.75) is 19.5 Å². The molecule has 0 atom stereocenters. The van der Waals surface area contributed by atoms with Crippen LogP contribution in [0.5, 0.6) is 0 Å². The minimum Gasteiger partial charge on any atom is -0.262 e. The number of pyridine rings is 1. The predicted octanol–water partition coefficient (Wildman–Crippen LogP) is 4.14. The zero-order valence-electron chi connectivity index (χ0n) is 11.5. The van der Waals surface area contributed by atoms with Gasteiger partial charge in [-0.15, -0.1) is 0 Å². The van der Waals surface area contributed by atoms with Crippen molar-refractivity contribution < 1.29 is 17.6 Å². The molecule has 0 N–H and O–H groups in total. The Labute approximate surface area is 123 Å². The molecule has 2 aromatic heterocycles. The first kappa shape index (κ1) is 14.5. The van der Waals surface area contributed by atoms with Gasteiger partial charge in [-0.3, -0.25) is 4.98 Å². The zero-order valence-corrected chi connectivity index (χ0v) is 11.5. The van der Waals surface area contributed by atoms with Gasteiger partial charge in [0, 0.05) is 17.0 Å². The van der Waals surface area contributed by atoms with E-state index in [0.717, 1.165) is 10.7 Å². The Bertz CT molecular complexity index is 836. The number of benzene rings is 1. The Hall–Kier alpha value is -2.44. The highest BCUT2D eigenvalue weighted by Crippen LogP contribution is 2.33. The van der Waals surface area contributed by atoms with Gasteiger partial charge in [-0.1, -0.05) is 19.1 Å². The maximum atomic E-state index is 13.8. The first-order valence-electron chi connectivity index (χ1n) is 6.60. The third-order valence-corrected chi connectivity index (χ3v) is 3.37. The summed E-state index contributed by atoms with van der Waals surface area (Å²) in [7, 11) is 0. The highest BCUT2D eigenvalue weighted by molar-refractivity contribution is 5.89. The van der Waals surface area contributed by atoms with E-state index in [1.165, 1.54) is 24.5 Å². The molecule has 0 radical (unpaired) electrons. The van der Waals surface area contributed by atoms with Gasteiger partial charge < -0.3 is 0 Å². The van der Waals surface area contributed by atoms with Gasteiger partial charge in [0.1, 0.15) is 11.5 Å². The number of hydrogen-bond acceptors (Lipinski definition) is 2. The molecule has 0 fully saturated rings. The topological polar surface area (TPSA) is 30.7 Å². The summed E-state index contributed by atoms with van der Waals surface area (Å²) in [6.07, 6.45) is -1.66. The number of halogens is 4. The van der Waals surface area contributed by atoms with Crippen LogP contribution in [0.2, 0.25) is 0 Å². The average Bonchev–Trinajstić information content (AvgIpc) is 2.91. The average molecular weight is 309 g/mol. The molecule has 0 amide bonds. The molecule has 22 heavy (non-hydrogen) atoms. The SMILES string of the molecule is CCc1cc(C(F)(F)F)n(-c2cncc3c(F)cccc23)n1. The lowest BCUT2D eigenvalue weighted by atomic mass is 10.1. The van der Waals surface area contributed by atoms with Crippen LogP contribution in [0.4, 0.5) is 17.6 Å². The number of fused-ring (bicyclic) bond motifs is 1. The predicted molar refractivity (Wildman–Crippen MR) is 73.2 cm³/mol. The fraction of sp³-hybridized carbons (Fsp3) is 0.200. The van der Waals surface area contributed by atoms with Crippen LogP contribution >= 0.6 is 0 Å². The molecule has 3 nitrogen and oxygen atoms in total. The van der Waals surface area contributed by atoms with Crippen molar-refractivity contribution in [3.63, 3.8) is 0 Å². The van der Waals surface area contributed by atoms with Gasteiger partial charge in [-0.25, -0.2) is 9.07 Å². The Morgan fingerprint density at radius 2 is 1.91 bits per heavy atom. The van der Waals surface area contributed by atoms with Crippen LogP contribution in [0.25, 0.3) is 16.5 Å². The molecule has 0 aliphatic rings. The van der Waals surface area contributed by atoms with E-state index >= 15 is 0 Å². The summed E-state index contributed by atoms with van der Waals surface area (Å²) in [5, 5.41) is 4.46. The van der Waals surface area contributed by atoms with Gasteiger partial charge in [0.05, 0.1) is 17.6 Å². The van der Waals surface area contributed by atoms with E-state index in [1.54, 1.807) is 13.0 Å². The molecule has 7 heteroatoms. The van der Waals surface area contributed by atoms with E-state index in [4.69, 9.17) is 0 Å². The summed E-state index contributed by atoms with van der Waals surface area (Å²) in [4.78, 5) is 3.84. The molecular weight excluding hydrogens is 298 g/mol. The summed E-state index contributed by atoms with van der Waals surface area (Å²) in [5.41, 5.74) is -0.493. The lowest BCUT2D eigenvalue weighted by Gasteiger charge is -2.12. The van der Waals surface area contributed by atoms with E-state index in [1.807, 2.05) is 0 Å². The van der Waals surface area contributed by atoms with Crippen LogP contribution in [0, 0.1) is 5.82 Å². The van der Waals surface area contributed by atoms with E-state index in [-0.39, 0.29) is 11.1 Å². The Balaban J connectivity index is 2.33. The van der Waals surface area contributed by atoms with Crippen molar-refractivity contribution >= 4 is 10.8 Å². The summed E-state index contributed by atoms with van der Waals surface area (Å²) in [5.74, 6) is -0.539. The number of hydrogen-bond donors (Lipinski definition) is 0. The van der Waals surface area contributed by atoms with E-state index in [9.17, 15) is 17.6 Å². The zero-order chi connectivity index (χ0) is 15.9. The molecule has 0 spiro atoms. The van der Waals surface area contributed by atoms with Crippen LogP contribution in [-0.2, 0) is 12.6 Å². The second kappa shape index (κ2) is 5.08. The number of aromatic nitrogens is 3. The van der Waals surface area contributed by atoms with Crippen LogP contribution < -0.4 is 0 Å². The van der Waals surface area contributed by atoms with Crippen LogP contribution in [0.1, 0.15) is 18.3 Å². The highest BCUT2D eigenvalue weighted by atomic mass is 19.4. The summed E-state index contributed by atoms with van der Waals surface area (Å²) in [6.45, 7) is 1.72. The highest BCUT2D eigenvalue weighted by Gasteiger charge is 2.36. The van der Waals surface area contributed by atoms with Crippen molar-refractivity contribution in [3.8, 4) is 5.69 Å². The van der Waals surface area contributed by atoms with Crippen molar-refractivity contribution in [1.82, 2.24) is 14.8 Å². The van der Waals surface area contributed by atoms with Gasteiger partial charge >= 0.3 is 6.18 Å². The first-order valence-corrected chi connectivity index (χ1v) is 6.60. The molecule has 1 aromatic carbocycles. The fourth-order valence-corrected chi connectivity index (χ4v) is 2.30. The number of aryl methyl sites for hydroxylation is 1. The second-order valence-corrected chi connectivity index (χ2v) is 4.78. The van der Waals surface area contributed by atoms with E-state index in [0.29, 0.717) is 17.5 Å². The van der Waals surface area contributed by atoms with Crippen LogP contribution in [-0.4, -0.2) is 14.8 Å². The normalized spacial score (nSPS) is 12.0. The molecule has 0 saturated heterocycles. The third-order valence-electron chi connectivity index (χ3n) is 3.37. The first-order chi connectivity index (χ1) is 10.4. The van der Waals surface area contributed by atoms with E-state index < -0.39 is 17.7 Å². The Kier molecular flexibility index (Phi) is 3.35. The molecule has 0 aliphatic carbocycles. The summed E-state index contributed by atoms with van der Waals surface area (Å²) >= 11 is 0. The standard InChI is InChI=1S/C15H11F4N3/c1-2-9-6-14(15(17,18)19)22(21-9)13-8-20-7-11-10(13)4-3-5-12(11)16/h3-8H,2H2,1H3. The molecule has 114 valence electrons. The molecule has 2 heterocycles. The molecule has 3 rings (SSSR count). The van der Waals surface area contributed by atoms with Crippen LogP contribution in [0.3, 0.4) is 0 Å². The van der Waals surface area contributed by atoms with Crippen LogP contribution in [0.15, 0.2) is 36.7 Å². The molecule has 0 aliphatic heterocycles. The number of nitrogens with zero attached hydrogens (tertiary/aromatic N) is 3. The Morgan fingerprint density at radius 1 is 1.14 bits per heavy atom. The van der Waals surface area contributed by atoms with Gasteiger partial charge in [0.2, 0.25) is 0 Å². The largest absolute Gasteiger partial charge is 0.433 e. The molecular formula is C15H11F4N3. The van der Waals surface area contributed by atoms with Crippen molar-refractivity contribution in [2.75, 3.05) is 0 Å². The molecule has 0 bridgehead atoms. The lowest BCUT2D eigenvalue weighted by molar-refractivity contribution is -0.142. The fourth-order valence-electron chi connectivity index (χ4n) is 2.30. The minimum atomic E-state index is -4.56. The van der Waals surface area contributed by atoms with Gasteiger partial charge in [0.25, 0.3) is 0 Å². The smallest absolute Gasteiger partial charge is 0.262 e. The number of rotatable bonds is 2. The number of alkyl halides is 3. The molecule has 0 saturated carbocycles. The van der Waals surface area contributed by atoms with Crippen molar-refractivity contribution in [3.05, 3.63) is 53.9 Å². The van der Waals surface area contributed by atoms with Crippen molar-refractivity contribution in [2.24, 2.45) is 0 Å². The molecule has 3 aromatic rings. The molecule has 0 unspecified atom stereocenters. The second-order valence-electron chi connectivity index (χ2n) is 4.78. The third kappa shape index (κ3) is 2.32. The monoisotopic (exact) mass is 309 g/mol. The van der Waals surface area contributed by atoms with Gasteiger partial charge in [-0.2, -0.15) is 18.3 Å². The quantitative estimate of drug-likeness (QED) is 0.666. The van der Waals surface area contributed by atoms with Gasteiger partial charge in [0.15, 0.2) is 0 Å². The van der Waals surface area contributed by atoms with Crippen molar-refractivity contribution in [1.29, 1.82) is 0 Å². The summed E-state index contributed by atoms with van der Waals surface area (Å²) in [6, 6.07) is 5.22. The van der Waals surface area contributed by atoms with E-state index in [2.05, 4.69) is 10.1 Å². The minimum absolute atomic E-state index is 0.101. The Morgan fingerprint density at radius 3 is 2.59 bits per heavy atom. The lowest BCUT2D eigenvalue weighted by Crippen LogP contribution is -2.13. The maximum absolute atomic E-state index is 13.8.